The number of hydrogen-bond donors (Lipinski definition) is 0. The number of rotatable bonds is 3. The van der Waals surface area contributed by atoms with Crippen LogP contribution in [0.15, 0.2) is 0 Å². The van der Waals surface area contributed by atoms with Crippen LogP contribution in [0.4, 0.5) is 4.79 Å². The van der Waals surface area contributed by atoms with E-state index < -0.39 is 0 Å². The zero-order valence-corrected chi connectivity index (χ0v) is 9.57. The van der Waals surface area contributed by atoms with Crippen molar-refractivity contribution < 1.29 is 9.59 Å². The maximum absolute atomic E-state index is 11.5. The number of carbonyl (C=O) groups excluding carboxylic acids is 2. The van der Waals surface area contributed by atoms with E-state index in [0.717, 1.165) is 0 Å². The standard InChI is InChI=1S/C9H19N3O2/c1-6-11(4)9(14)12(5)7-8(13)10(2)3/h6-7H2,1-5H3. The van der Waals surface area contributed by atoms with E-state index >= 15 is 0 Å². The smallest absolute Gasteiger partial charge is 0.319 e. The molecule has 0 aromatic rings. The Labute approximate surface area is 85.3 Å². The van der Waals surface area contributed by atoms with E-state index in [-0.39, 0.29) is 18.5 Å². The minimum Gasteiger partial charge on any atom is -0.347 e. The Morgan fingerprint density at radius 1 is 1.00 bits per heavy atom. The van der Waals surface area contributed by atoms with Gasteiger partial charge >= 0.3 is 6.03 Å². The molecule has 14 heavy (non-hydrogen) atoms. The van der Waals surface area contributed by atoms with Crippen molar-refractivity contribution in [3.63, 3.8) is 0 Å². The summed E-state index contributed by atoms with van der Waals surface area (Å²) < 4.78 is 0. The Morgan fingerprint density at radius 2 is 1.50 bits per heavy atom. The summed E-state index contributed by atoms with van der Waals surface area (Å²) in [5.41, 5.74) is 0. The molecule has 0 saturated heterocycles. The number of hydrogen-bond acceptors (Lipinski definition) is 2. The van der Waals surface area contributed by atoms with E-state index in [2.05, 4.69) is 0 Å². The maximum atomic E-state index is 11.5. The average Bonchev–Trinajstić information content (AvgIpc) is 2.14. The number of urea groups is 1. The molecule has 0 atom stereocenters. The fourth-order valence-electron chi connectivity index (χ4n) is 0.839. The lowest BCUT2D eigenvalue weighted by atomic mass is 10.5. The van der Waals surface area contributed by atoms with Crippen LogP contribution in [0.25, 0.3) is 0 Å². The fourth-order valence-corrected chi connectivity index (χ4v) is 0.839. The summed E-state index contributed by atoms with van der Waals surface area (Å²) in [4.78, 5) is 27.2. The molecule has 0 saturated carbocycles. The van der Waals surface area contributed by atoms with Crippen molar-refractivity contribution in [1.82, 2.24) is 14.7 Å². The number of carbonyl (C=O) groups is 2. The summed E-state index contributed by atoms with van der Waals surface area (Å²) in [6.07, 6.45) is 0. The van der Waals surface area contributed by atoms with E-state index in [1.165, 1.54) is 9.80 Å². The van der Waals surface area contributed by atoms with Gasteiger partial charge < -0.3 is 14.7 Å². The fraction of sp³-hybridized carbons (Fsp3) is 0.778. The van der Waals surface area contributed by atoms with Gasteiger partial charge in [-0.1, -0.05) is 0 Å². The van der Waals surface area contributed by atoms with Gasteiger partial charge in [0, 0.05) is 34.7 Å². The molecule has 0 fully saturated rings. The maximum Gasteiger partial charge on any atom is 0.319 e. The first-order valence-electron chi connectivity index (χ1n) is 4.56. The molecule has 0 aliphatic heterocycles. The van der Waals surface area contributed by atoms with E-state index in [0.29, 0.717) is 6.54 Å². The van der Waals surface area contributed by atoms with Crippen molar-refractivity contribution in [3.05, 3.63) is 0 Å². The minimum atomic E-state index is -0.136. The summed E-state index contributed by atoms with van der Waals surface area (Å²) in [6.45, 7) is 2.65. The second-order valence-corrected chi connectivity index (χ2v) is 3.44. The first-order chi connectivity index (χ1) is 6.40. The topological polar surface area (TPSA) is 43.9 Å². The molecule has 0 aliphatic carbocycles. The second-order valence-electron chi connectivity index (χ2n) is 3.44. The molecule has 82 valence electrons. The van der Waals surface area contributed by atoms with Gasteiger partial charge in [0.05, 0.1) is 0 Å². The lowest BCUT2D eigenvalue weighted by Crippen LogP contribution is -2.43. The van der Waals surface area contributed by atoms with Gasteiger partial charge in [-0.25, -0.2) is 4.79 Å². The van der Waals surface area contributed by atoms with Gasteiger partial charge in [-0.3, -0.25) is 4.79 Å². The molecule has 0 spiro atoms. The van der Waals surface area contributed by atoms with Crippen molar-refractivity contribution in [2.45, 2.75) is 6.92 Å². The molecule has 0 rings (SSSR count). The van der Waals surface area contributed by atoms with Crippen molar-refractivity contribution in [1.29, 1.82) is 0 Å². The highest BCUT2D eigenvalue weighted by Crippen LogP contribution is 1.94. The van der Waals surface area contributed by atoms with Gasteiger partial charge in [-0.05, 0) is 6.92 Å². The summed E-state index contributed by atoms with van der Waals surface area (Å²) in [7, 11) is 6.67. The summed E-state index contributed by atoms with van der Waals surface area (Å²) in [6, 6.07) is -0.136. The zero-order chi connectivity index (χ0) is 11.3. The largest absolute Gasteiger partial charge is 0.347 e. The Kier molecular flexibility index (Phi) is 4.97. The SMILES string of the molecule is CCN(C)C(=O)N(C)CC(=O)N(C)C. The average molecular weight is 201 g/mol. The quantitative estimate of drug-likeness (QED) is 0.649. The van der Waals surface area contributed by atoms with Gasteiger partial charge in [-0.2, -0.15) is 0 Å². The van der Waals surface area contributed by atoms with Crippen LogP contribution in [0.1, 0.15) is 6.92 Å². The molecule has 0 aromatic carbocycles. The zero-order valence-electron chi connectivity index (χ0n) is 9.57. The van der Waals surface area contributed by atoms with E-state index in [1.54, 1.807) is 33.1 Å². The molecule has 0 aliphatic rings. The van der Waals surface area contributed by atoms with Crippen LogP contribution in [-0.4, -0.2) is 67.9 Å². The van der Waals surface area contributed by atoms with E-state index in [9.17, 15) is 9.59 Å². The van der Waals surface area contributed by atoms with Crippen molar-refractivity contribution in [2.24, 2.45) is 0 Å². The van der Waals surface area contributed by atoms with E-state index in [4.69, 9.17) is 0 Å². The van der Waals surface area contributed by atoms with Crippen molar-refractivity contribution in [3.8, 4) is 0 Å². The minimum absolute atomic E-state index is 0.0784. The van der Waals surface area contributed by atoms with Crippen LogP contribution < -0.4 is 0 Å². The first-order valence-corrected chi connectivity index (χ1v) is 4.56. The Bertz CT molecular complexity index is 216. The Morgan fingerprint density at radius 3 is 1.86 bits per heavy atom. The Hall–Kier alpha value is -1.26. The highest BCUT2D eigenvalue weighted by atomic mass is 16.2. The summed E-state index contributed by atoms with van der Waals surface area (Å²) in [5.74, 6) is -0.0784. The highest BCUT2D eigenvalue weighted by Gasteiger charge is 2.16. The normalized spacial score (nSPS) is 9.50. The predicted octanol–water partition coefficient (Wildman–Crippen LogP) is 0.0781. The molecule has 0 radical (unpaired) electrons. The molecule has 0 N–H and O–H groups in total. The van der Waals surface area contributed by atoms with Gasteiger partial charge in [0.1, 0.15) is 6.54 Å². The number of amides is 3. The number of nitrogens with zero attached hydrogens (tertiary/aromatic N) is 3. The van der Waals surface area contributed by atoms with Gasteiger partial charge in [0.15, 0.2) is 0 Å². The van der Waals surface area contributed by atoms with Gasteiger partial charge in [0.25, 0.3) is 0 Å². The first kappa shape index (κ1) is 12.7. The lowest BCUT2D eigenvalue weighted by molar-refractivity contribution is -0.129. The molecule has 0 aromatic heterocycles. The lowest BCUT2D eigenvalue weighted by Gasteiger charge is -2.24. The molecule has 0 bridgehead atoms. The van der Waals surface area contributed by atoms with Crippen molar-refractivity contribution in [2.75, 3.05) is 41.3 Å². The second kappa shape index (κ2) is 5.47. The third-order valence-corrected chi connectivity index (χ3v) is 2.00. The third kappa shape index (κ3) is 3.64. The predicted molar refractivity (Wildman–Crippen MR) is 55.0 cm³/mol. The molecular weight excluding hydrogens is 182 g/mol. The molecule has 0 heterocycles. The van der Waals surface area contributed by atoms with Crippen LogP contribution in [0.5, 0.6) is 0 Å². The molecule has 5 heteroatoms. The van der Waals surface area contributed by atoms with Crippen molar-refractivity contribution >= 4 is 11.9 Å². The monoisotopic (exact) mass is 201 g/mol. The van der Waals surface area contributed by atoms with Crippen LogP contribution in [0.3, 0.4) is 0 Å². The molecule has 3 amide bonds. The molecular formula is C9H19N3O2. The Balaban J connectivity index is 4.14. The summed E-state index contributed by atoms with van der Waals surface area (Å²) >= 11 is 0. The van der Waals surface area contributed by atoms with Gasteiger partial charge in [-0.15, -0.1) is 0 Å². The van der Waals surface area contributed by atoms with Crippen LogP contribution >= 0.6 is 0 Å². The van der Waals surface area contributed by atoms with Gasteiger partial charge in [0.2, 0.25) is 5.91 Å². The van der Waals surface area contributed by atoms with Crippen LogP contribution in [0, 0.1) is 0 Å². The third-order valence-electron chi connectivity index (χ3n) is 2.00. The highest BCUT2D eigenvalue weighted by molar-refractivity contribution is 5.83. The summed E-state index contributed by atoms with van der Waals surface area (Å²) in [5, 5.41) is 0. The van der Waals surface area contributed by atoms with Crippen LogP contribution in [-0.2, 0) is 4.79 Å². The molecule has 0 unspecified atom stereocenters. The molecule has 5 nitrogen and oxygen atoms in total. The van der Waals surface area contributed by atoms with E-state index in [1.807, 2.05) is 6.92 Å². The number of likely N-dealkylation sites (N-methyl/N-ethyl adjacent to an activating group) is 2. The van der Waals surface area contributed by atoms with Crippen LogP contribution in [0.2, 0.25) is 0 Å².